The molecule has 0 aliphatic carbocycles. The molecule has 0 heterocycles. The van der Waals surface area contributed by atoms with Crippen molar-refractivity contribution in [2.45, 2.75) is 58.8 Å². The molecule has 0 aromatic heterocycles. The van der Waals surface area contributed by atoms with Gasteiger partial charge in [-0.15, -0.1) is 34.5 Å². The Hall–Kier alpha value is -1.07. The summed E-state index contributed by atoms with van der Waals surface area (Å²) < 4.78 is 0. The van der Waals surface area contributed by atoms with Gasteiger partial charge in [-0.2, -0.15) is 6.07 Å². The van der Waals surface area contributed by atoms with Crippen LogP contribution >= 0.6 is 0 Å². The maximum Gasteiger partial charge on any atom is 0 e. The molecule has 0 N–H and O–H groups in total. The number of unbranched alkanes of at least 4 members (excludes halogenated alkanes) is 3. The van der Waals surface area contributed by atoms with Crippen LogP contribution in [-0.2, 0) is 39.0 Å². The van der Waals surface area contributed by atoms with Crippen LogP contribution in [0.4, 0.5) is 0 Å². The van der Waals surface area contributed by atoms with Crippen LogP contribution in [0.15, 0.2) is 54.6 Å². The van der Waals surface area contributed by atoms with Crippen molar-refractivity contribution < 1.29 is 26.2 Å². The predicted molar refractivity (Wildman–Crippen MR) is 107 cm³/mol. The van der Waals surface area contributed by atoms with E-state index in [2.05, 4.69) is 68.4 Å². The largest absolute Gasteiger partial charge is 0.164 e. The van der Waals surface area contributed by atoms with Crippen molar-refractivity contribution in [2.75, 3.05) is 0 Å². The van der Waals surface area contributed by atoms with E-state index in [1.54, 1.807) is 0 Å². The summed E-state index contributed by atoms with van der Waals surface area (Å²) in [5.41, 5.74) is 5.64. The van der Waals surface area contributed by atoms with Crippen molar-refractivity contribution in [1.29, 1.82) is 0 Å². The minimum absolute atomic E-state index is 0. The number of hydrogen-bond donors (Lipinski definition) is 0. The molecule has 0 spiro atoms. The van der Waals surface area contributed by atoms with Gasteiger partial charge in [-0.3, -0.25) is 0 Å². The van der Waals surface area contributed by atoms with Crippen LogP contribution in [0.1, 0.15) is 57.1 Å². The fourth-order valence-electron chi connectivity index (χ4n) is 3.59. The van der Waals surface area contributed by atoms with Crippen molar-refractivity contribution in [3.05, 3.63) is 65.7 Å². The summed E-state index contributed by atoms with van der Waals surface area (Å²) in [5.74, 6) is 0. The first kappa shape index (κ1) is 20.2. The Bertz CT molecular complexity index is 764. The van der Waals surface area contributed by atoms with Crippen molar-refractivity contribution in [3.63, 3.8) is 0 Å². The summed E-state index contributed by atoms with van der Waals surface area (Å²) in [6.07, 6.45) is 8.92. The zero-order chi connectivity index (χ0) is 16.8. The van der Waals surface area contributed by atoms with Gasteiger partial charge in [0.2, 0.25) is 0 Å². The summed E-state index contributed by atoms with van der Waals surface area (Å²) in [4.78, 5) is 0. The van der Waals surface area contributed by atoms with E-state index in [1.807, 2.05) is 0 Å². The van der Waals surface area contributed by atoms with Gasteiger partial charge in [0.05, 0.1) is 0 Å². The van der Waals surface area contributed by atoms with Gasteiger partial charge in [0.25, 0.3) is 0 Å². The number of benzene rings is 2. The molecule has 0 amide bonds. The second kappa shape index (κ2) is 10.2. The number of fused-ring (bicyclic) bond motifs is 1. The Morgan fingerprint density at radius 2 is 1.60 bits per heavy atom. The first-order valence-electron chi connectivity index (χ1n) is 9.59. The molecule has 3 rings (SSSR count). The van der Waals surface area contributed by atoms with E-state index in [1.165, 1.54) is 78.0 Å². The molecule has 0 aliphatic rings. The first-order valence-corrected chi connectivity index (χ1v) is 9.59. The summed E-state index contributed by atoms with van der Waals surface area (Å²) in [7, 11) is 0. The van der Waals surface area contributed by atoms with E-state index < -0.39 is 0 Å². The Kier molecular flexibility index (Phi) is 8.24. The molecule has 0 aliphatic heterocycles. The number of aryl methyl sites for hydroxylation is 2. The molecular weight excluding hydrogens is 379 g/mol. The zero-order valence-electron chi connectivity index (χ0n) is 15.6. The zero-order valence-corrected chi connectivity index (χ0v) is 18.1. The minimum atomic E-state index is 0. The standard InChI is InChI=1S/C24H29.Zr/c1-3-5-6-7-10-19-13-15-21(16-14-19)23-12-8-11-22-17-20(9-4-2)18-24(22)23;/h8,11-18H,3-7,9-10H2,1-2H3;/q-1;. The molecule has 0 saturated heterocycles. The van der Waals surface area contributed by atoms with Gasteiger partial charge in [-0.1, -0.05) is 75.4 Å². The van der Waals surface area contributed by atoms with E-state index in [4.69, 9.17) is 0 Å². The molecule has 0 saturated carbocycles. The molecule has 0 nitrogen and oxygen atoms in total. The van der Waals surface area contributed by atoms with Crippen molar-refractivity contribution in [1.82, 2.24) is 0 Å². The molecule has 3 aromatic carbocycles. The Morgan fingerprint density at radius 3 is 2.32 bits per heavy atom. The average Bonchev–Trinajstić information content (AvgIpc) is 3.02. The molecule has 0 bridgehead atoms. The normalized spacial score (nSPS) is 10.8. The van der Waals surface area contributed by atoms with E-state index in [0.29, 0.717) is 0 Å². The minimum Gasteiger partial charge on any atom is -0.164 e. The van der Waals surface area contributed by atoms with Crippen LogP contribution in [0.2, 0.25) is 0 Å². The third kappa shape index (κ3) is 5.21. The van der Waals surface area contributed by atoms with Gasteiger partial charge in [-0.05, 0) is 30.4 Å². The predicted octanol–water partition coefficient (Wildman–Crippen LogP) is 7.30. The summed E-state index contributed by atoms with van der Waals surface area (Å²) >= 11 is 0. The quantitative estimate of drug-likeness (QED) is 0.271. The first-order chi connectivity index (χ1) is 11.8. The Balaban J connectivity index is 0.00000225. The van der Waals surface area contributed by atoms with Gasteiger partial charge in [-0.25, -0.2) is 0 Å². The topological polar surface area (TPSA) is 0 Å². The summed E-state index contributed by atoms with van der Waals surface area (Å²) in [5, 5.41) is 2.77. The number of rotatable bonds is 8. The van der Waals surface area contributed by atoms with Crippen molar-refractivity contribution in [3.8, 4) is 11.1 Å². The molecule has 0 atom stereocenters. The second-order valence-corrected chi connectivity index (χ2v) is 6.93. The van der Waals surface area contributed by atoms with Gasteiger partial charge in [0, 0.05) is 26.2 Å². The van der Waals surface area contributed by atoms with Crippen LogP contribution in [0.3, 0.4) is 0 Å². The molecule has 0 fully saturated rings. The fourth-order valence-corrected chi connectivity index (χ4v) is 3.59. The maximum absolute atomic E-state index is 2.38. The van der Waals surface area contributed by atoms with E-state index in [0.717, 1.165) is 0 Å². The van der Waals surface area contributed by atoms with Crippen molar-refractivity contribution >= 4 is 10.8 Å². The van der Waals surface area contributed by atoms with Crippen LogP contribution in [0, 0.1) is 0 Å². The SMILES string of the molecule is CCCCCCc1ccc(-c2cccc3[cH-]c(CCC)cc23)cc1.[Zr]. The molecular formula is C24H29Zr-. The third-order valence-corrected chi connectivity index (χ3v) is 4.93. The fraction of sp³-hybridized carbons (Fsp3) is 0.375. The maximum atomic E-state index is 2.38. The van der Waals surface area contributed by atoms with Gasteiger partial charge in [0.15, 0.2) is 0 Å². The molecule has 0 radical (unpaired) electrons. The molecule has 3 aromatic rings. The molecule has 130 valence electrons. The average molecular weight is 409 g/mol. The van der Waals surface area contributed by atoms with Crippen LogP contribution < -0.4 is 0 Å². The number of hydrogen-bond acceptors (Lipinski definition) is 0. The van der Waals surface area contributed by atoms with Gasteiger partial charge in [0.1, 0.15) is 0 Å². The van der Waals surface area contributed by atoms with E-state index in [9.17, 15) is 0 Å². The molecule has 0 unspecified atom stereocenters. The Labute approximate surface area is 172 Å². The van der Waals surface area contributed by atoms with Gasteiger partial charge >= 0.3 is 0 Å². The third-order valence-electron chi connectivity index (χ3n) is 4.93. The van der Waals surface area contributed by atoms with Crippen LogP contribution in [-0.4, -0.2) is 0 Å². The summed E-state index contributed by atoms with van der Waals surface area (Å²) in [6, 6.07) is 20.6. The second-order valence-electron chi connectivity index (χ2n) is 6.93. The summed E-state index contributed by atoms with van der Waals surface area (Å²) in [6.45, 7) is 4.52. The van der Waals surface area contributed by atoms with E-state index >= 15 is 0 Å². The van der Waals surface area contributed by atoms with Gasteiger partial charge < -0.3 is 0 Å². The Morgan fingerprint density at radius 1 is 0.800 bits per heavy atom. The molecule has 1 heteroatoms. The van der Waals surface area contributed by atoms with Crippen LogP contribution in [0.5, 0.6) is 0 Å². The monoisotopic (exact) mass is 407 g/mol. The smallest absolute Gasteiger partial charge is 0 e. The van der Waals surface area contributed by atoms with Crippen LogP contribution in [0.25, 0.3) is 21.9 Å². The van der Waals surface area contributed by atoms with E-state index in [-0.39, 0.29) is 26.2 Å². The molecule has 25 heavy (non-hydrogen) atoms. The van der Waals surface area contributed by atoms with Crippen molar-refractivity contribution in [2.24, 2.45) is 0 Å².